The Kier molecular flexibility index (Phi) is 2.19. The summed E-state index contributed by atoms with van der Waals surface area (Å²) in [6.07, 6.45) is 1.83. The number of hydrogen-bond donors (Lipinski definition) is 3. The van der Waals surface area contributed by atoms with Crippen molar-refractivity contribution in [1.82, 2.24) is 10.3 Å². The van der Waals surface area contributed by atoms with Crippen LogP contribution in [-0.2, 0) is 0 Å². The summed E-state index contributed by atoms with van der Waals surface area (Å²) in [5.41, 5.74) is 2.38. The van der Waals surface area contributed by atoms with Gasteiger partial charge in [0, 0.05) is 23.8 Å². The van der Waals surface area contributed by atoms with Crippen molar-refractivity contribution in [1.29, 1.82) is 5.26 Å². The van der Waals surface area contributed by atoms with Crippen molar-refractivity contribution in [2.75, 3.05) is 18.4 Å². The minimum Gasteiger partial charge on any atom is -0.360 e. The predicted molar refractivity (Wildman–Crippen MR) is 66.9 cm³/mol. The molecule has 1 aliphatic rings. The van der Waals surface area contributed by atoms with Crippen molar-refractivity contribution in [3.63, 3.8) is 0 Å². The lowest BCUT2D eigenvalue weighted by Crippen LogP contribution is -2.26. The molecule has 0 amide bonds. The first-order valence-corrected chi connectivity index (χ1v) is 5.43. The number of nitrogens with zero attached hydrogens (tertiary/aromatic N) is 2. The molecule has 0 saturated heterocycles. The monoisotopic (exact) mass is 225 g/mol. The highest BCUT2D eigenvalue weighted by molar-refractivity contribution is 5.98. The number of benzene rings is 1. The average Bonchev–Trinajstić information content (AvgIpc) is 2.98. The average molecular weight is 225 g/mol. The summed E-state index contributed by atoms with van der Waals surface area (Å²) in [4.78, 5) is 7.32. The van der Waals surface area contributed by atoms with Gasteiger partial charge in [0.1, 0.15) is 6.07 Å². The Bertz CT molecular complexity index is 632. The Hall–Kier alpha value is -2.48. The van der Waals surface area contributed by atoms with Crippen molar-refractivity contribution in [3.8, 4) is 6.07 Å². The summed E-state index contributed by atoms with van der Waals surface area (Å²) in [7, 11) is 0. The lowest BCUT2D eigenvalue weighted by molar-refractivity contribution is 0.959. The molecule has 0 saturated carbocycles. The fraction of sp³-hybridized carbons (Fsp3) is 0.167. The van der Waals surface area contributed by atoms with Crippen molar-refractivity contribution in [2.45, 2.75) is 0 Å². The van der Waals surface area contributed by atoms with Crippen LogP contribution in [0.2, 0.25) is 0 Å². The van der Waals surface area contributed by atoms with Crippen LogP contribution in [0.25, 0.3) is 10.9 Å². The number of anilines is 1. The molecule has 0 spiro atoms. The summed E-state index contributed by atoms with van der Waals surface area (Å²) < 4.78 is 0. The molecule has 1 aromatic heterocycles. The van der Waals surface area contributed by atoms with E-state index in [0.29, 0.717) is 5.56 Å². The smallest absolute Gasteiger partial charge is 0.195 e. The number of hydrogen-bond acceptors (Lipinski definition) is 4. The van der Waals surface area contributed by atoms with Crippen LogP contribution in [0.4, 0.5) is 5.69 Å². The number of nitriles is 1. The largest absolute Gasteiger partial charge is 0.360 e. The highest BCUT2D eigenvalue weighted by Crippen LogP contribution is 2.22. The van der Waals surface area contributed by atoms with Gasteiger partial charge < -0.3 is 15.6 Å². The van der Waals surface area contributed by atoms with E-state index >= 15 is 0 Å². The zero-order valence-corrected chi connectivity index (χ0v) is 9.12. The van der Waals surface area contributed by atoms with E-state index in [-0.39, 0.29) is 0 Å². The van der Waals surface area contributed by atoms with Crippen LogP contribution >= 0.6 is 0 Å². The van der Waals surface area contributed by atoms with Gasteiger partial charge in [-0.1, -0.05) is 0 Å². The number of rotatable bonds is 1. The van der Waals surface area contributed by atoms with Crippen LogP contribution in [0.15, 0.2) is 29.4 Å². The number of H-pyrrole nitrogens is 1. The maximum absolute atomic E-state index is 9.10. The third kappa shape index (κ3) is 1.70. The summed E-state index contributed by atoms with van der Waals surface area (Å²) in [6.45, 7) is 1.65. The van der Waals surface area contributed by atoms with E-state index in [4.69, 9.17) is 5.26 Å². The molecule has 5 heteroatoms. The molecule has 0 aliphatic carbocycles. The van der Waals surface area contributed by atoms with Gasteiger partial charge in [0.05, 0.1) is 17.6 Å². The first-order valence-electron chi connectivity index (χ1n) is 5.43. The molecule has 0 bridgehead atoms. The fourth-order valence-electron chi connectivity index (χ4n) is 1.95. The maximum Gasteiger partial charge on any atom is 0.195 e. The zero-order chi connectivity index (χ0) is 11.7. The van der Waals surface area contributed by atoms with Gasteiger partial charge in [-0.15, -0.1) is 0 Å². The molecule has 3 rings (SSSR count). The molecular weight excluding hydrogens is 214 g/mol. The Morgan fingerprint density at radius 1 is 1.41 bits per heavy atom. The molecule has 1 aliphatic heterocycles. The lowest BCUT2D eigenvalue weighted by atomic mass is 10.1. The molecule has 0 radical (unpaired) electrons. The molecule has 0 atom stereocenters. The van der Waals surface area contributed by atoms with Gasteiger partial charge in [-0.2, -0.15) is 5.26 Å². The number of aromatic amines is 1. The maximum atomic E-state index is 9.10. The summed E-state index contributed by atoms with van der Waals surface area (Å²) in [6, 6.07) is 7.96. The van der Waals surface area contributed by atoms with Crippen molar-refractivity contribution >= 4 is 22.5 Å². The third-order valence-corrected chi connectivity index (χ3v) is 2.72. The van der Waals surface area contributed by atoms with Gasteiger partial charge in [-0.05, 0) is 18.2 Å². The Morgan fingerprint density at radius 3 is 3.12 bits per heavy atom. The normalized spacial score (nSPS) is 14.2. The molecule has 0 fully saturated rings. The summed E-state index contributed by atoms with van der Waals surface area (Å²) in [5, 5.41) is 16.4. The second-order valence-electron chi connectivity index (χ2n) is 3.86. The van der Waals surface area contributed by atoms with Gasteiger partial charge >= 0.3 is 0 Å². The van der Waals surface area contributed by atoms with Gasteiger partial charge in [0.15, 0.2) is 5.96 Å². The number of nitrogens with one attached hydrogen (secondary N) is 3. The van der Waals surface area contributed by atoms with E-state index in [1.165, 1.54) is 0 Å². The second-order valence-corrected chi connectivity index (χ2v) is 3.86. The fourth-order valence-corrected chi connectivity index (χ4v) is 1.95. The van der Waals surface area contributed by atoms with Crippen molar-refractivity contribution in [3.05, 3.63) is 30.0 Å². The first-order chi connectivity index (χ1) is 8.36. The van der Waals surface area contributed by atoms with Crippen LogP contribution in [0.1, 0.15) is 5.56 Å². The highest BCUT2D eigenvalue weighted by atomic mass is 15.2. The molecular formula is C12H11N5. The number of fused-ring (bicyclic) bond motifs is 1. The minimum absolute atomic E-state index is 0.633. The van der Waals surface area contributed by atoms with Crippen molar-refractivity contribution in [2.24, 2.45) is 4.99 Å². The summed E-state index contributed by atoms with van der Waals surface area (Å²) in [5.74, 6) is 0.767. The molecule has 3 N–H and O–H groups in total. The quantitative estimate of drug-likeness (QED) is 0.686. The molecule has 1 aromatic carbocycles. The Balaban J connectivity index is 2.02. The van der Waals surface area contributed by atoms with Crippen molar-refractivity contribution < 1.29 is 0 Å². The van der Waals surface area contributed by atoms with E-state index in [1.54, 1.807) is 0 Å². The zero-order valence-electron chi connectivity index (χ0n) is 9.12. The van der Waals surface area contributed by atoms with Crippen LogP contribution in [-0.4, -0.2) is 24.0 Å². The highest BCUT2D eigenvalue weighted by Gasteiger charge is 2.08. The van der Waals surface area contributed by atoms with Gasteiger partial charge in [0.25, 0.3) is 0 Å². The molecule has 5 nitrogen and oxygen atoms in total. The Labute approximate surface area is 98.2 Å². The van der Waals surface area contributed by atoms with Crippen LogP contribution in [0.3, 0.4) is 0 Å². The molecule has 17 heavy (non-hydrogen) atoms. The first kappa shape index (κ1) is 9.73. The number of aliphatic imine (C=N–C) groups is 1. The van der Waals surface area contributed by atoms with Crippen LogP contribution in [0.5, 0.6) is 0 Å². The lowest BCUT2D eigenvalue weighted by Gasteiger charge is -2.07. The van der Waals surface area contributed by atoms with E-state index in [9.17, 15) is 0 Å². The topological polar surface area (TPSA) is 76.0 Å². The Morgan fingerprint density at radius 2 is 2.35 bits per heavy atom. The number of aromatic nitrogens is 1. The summed E-state index contributed by atoms with van der Waals surface area (Å²) >= 11 is 0. The van der Waals surface area contributed by atoms with E-state index < -0.39 is 0 Å². The molecule has 0 unspecified atom stereocenters. The van der Waals surface area contributed by atoms with Crippen LogP contribution in [0, 0.1) is 11.3 Å². The van der Waals surface area contributed by atoms with E-state index in [1.807, 2.05) is 24.4 Å². The SMILES string of the molecule is N#Cc1cc(NC2=NCCN2)cc2cc[nH]c12. The van der Waals surface area contributed by atoms with Gasteiger partial charge in [0.2, 0.25) is 0 Å². The molecule has 2 heterocycles. The second kappa shape index (κ2) is 3.83. The predicted octanol–water partition coefficient (Wildman–Crippen LogP) is 1.41. The van der Waals surface area contributed by atoms with E-state index in [2.05, 4.69) is 26.7 Å². The molecule has 2 aromatic rings. The van der Waals surface area contributed by atoms with Crippen LogP contribution < -0.4 is 10.6 Å². The van der Waals surface area contributed by atoms with Gasteiger partial charge in [-0.25, -0.2) is 0 Å². The van der Waals surface area contributed by atoms with E-state index in [0.717, 1.165) is 35.6 Å². The van der Waals surface area contributed by atoms with Gasteiger partial charge in [-0.3, -0.25) is 4.99 Å². The standard InChI is InChI=1S/C12H11N5/c13-7-9-6-10(17-12-15-3-4-16-12)5-8-1-2-14-11(8)9/h1-2,5-6,14H,3-4H2,(H2,15,16,17). The third-order valence-electron chi connectivity index (χ3n) is 2.72. The minimum atomic E-state index is 0.633. The number of guanidine groups is 1. The molecule has 84 valence electrons.